The topological polar surface area (TPSA) is 92.4 Å². The van der Waals surface area contributed by atoms with E-state index < -0.39 is 17.2 Å². The zero-order valence-corrected chi connectivity index (χ0v) is 14.6. The van der Waals surface area contributed by atoms with Gasteiger partial charge in [-0.2, -0.15) is 0 Å². The molecule has 0 unspecified atom stereocenters. The number of pyridine rings is 1. The number of anilines is 2. The molecule has 0 saturated carbocycles. The molecule has 1 aromatic heterocycles. The molecule has 1 heterocycles. The van der Waals surface area contributed by atoms with Crippen molar-refractivity contribution < 1.29 is 14.3 Å². The minimum absolute atomic E-state index is 0.388. The summed E-state index contributed by atoms with van der Waals surface area (Å²) in [4.78, 5) is 28.5. The maximum Gasteiger partial charge on any atom is 0.408 e. The highest BCUT2D eigenvalue weighted by Gasteiger charge is 2.32. The van der Waals surface area contributed by atoms with Crippen LogP contribution in [0.1, 0.15) is 41.5 Å². The number of carbonyl (C=O) groups is 2. The van der Waals surface area contributed by atoms with Gasteiger partial charge in [0.25, 0.3) is 5.91 Å². The lowest BCUT2D eigenvalue weighted by Crippen LogP contribution is -2.53. The van der Waals surface area contributed by atoms with E-state index in [1.807, 2.05) is 13.0 Å². The molecule has 0 aromatic carbocycles. The van der Waals surface area contributed by atoms with E-state index in [0.29, 0.717) is 12.4 Å². The third-order valence-corrected chi connectivity index (χ3v) is 2.79. The van der Waals surface area contributed by atoms with Crippen molar-refractivity contribution in [1.82, 2.24) is 10.3 Å². The monoisotopic (exact) mass is 322 g/mol. The van der Waals surface area contributed by atoms with Crippen LogP contribution in [0.25, 0.3) is 0 Å². The molecular weight excluding hydrogens is 296 g/mol. The Morgan fingerprint density at radius 3 is 2.43 bits per heavy atom. The molecule has 0 saturated heterocycles. The molecule has 1 aromatic rings. The minimum Gasteiger partial charge on any atom is -0.444 e. The maximum atomic E-state index is 12.4. The number of nitrogens with zero attached hydrogens (tertiary/aromatic N) is 1. The quantitative estimate of drug-likeness (QED) is 0.775. The van der Waals surface area contributed by atoms with Gasteiger partial charge in [0, 0.05) is 12.7 Å². The second-order valence-corrected chi connectivity index (χ2v) is 6.64. The van der Waals surface area contributed by atoms with Gasteiger partial charge < -0.3 is 20.7 Å². The molecule has 0 spiro atoms. The highest BCUT2D eigenvalue weighted by Crippen LogP contribution is 2.19. The van der Waals surface area contributed by atoms with E-state index >= 15 is 0 Å². The number of carbonyl (C=O) groups excluding carboxylic acids is 2. The van der Waals surface area contributed by atoms with Crippen molar-refractivity contribution in [2.24, 2.45) is 0 Å². The Morgan fingerprint density at radius 2 is 1.87 bits per heavy atom. The Balaban J connectivity index is 2.78. The van der Waals surface area contributed by atoms with Crippen LogP contribution in [0.2, 0.25) is 0 Å². The lowest BCUT2D eigenvalue weighted by atomic mass is 10.1. The van der Waals surface area contributed by atoms with Gasteiger partial charge in [-0.15, -0.1) is 0 Å². The number of rotatable bonds is 5. The Hall–Kier alpha value is -2.31. The largest absolute Gasteiger partial charge is 0.444 e. The summed E-state index contributed by atoms with van der Waals surface area (Å²) in [5.74, 6) is 0.0274. The van der Waals surface area contributed by atoms with Crippen LogP contribution in [0.5, 0.6) is 0 Å². The molecule has 7 heteroatoms. The molecule has 3 N–H and O–H groups in total. The maximum absolute atomic E-state index is 12.4. The third kappa shape index (κ3) is 6.14. The van der Waals surface area contributed by atoms with Gasteiger partial charge >= 0.3 is 6.09 Å². The summed E-state index contributed by atoms with van der Waals surface area (Å²) in [5.41, 5.74) is -1.06. The van der Waals surface area contributed by atoms with Crippen molar-refractivity contribution in [2.75, 3.05) is 17.2 Å². The average molecular weight is 322 g/mol. The molecule has 128 valence electrons. The number of amides is 2. The molecule has 0 fully saturated rings. The summed E-state index contributed by atoms with van der Waals surface area (Å²) in [6.07, 6.45) is 0.940. The van der Waals surface area contributed by atoms with E-state index in [1.54, 1.807) is 46.9 Å². The number of hydrogen-bond acceptors (Lipinski definition) is 5. The summed E-state index contributed by atoms with van der Waals surface area (Å²) in [7, 11) is 0. The van der Waals surface area contributed by atoms with Crippen molar-refractivity contribution in [3.05, 3.63) is 18.3 Å². The first-order valence-corrected chi connectivity index (χ1v) is 7.56. The van der Waals surface area contributed by atoms with Gasteiger partial charge in [0.05, 0.1) is 5.69 Å². The fourth-order valence-corrected chi connectivity index (χ4v) is 1.72. The third-order valence-electron chi connectivity index (χ3n) is 2.79. The number of ether oxygens (including phenoxy) is 1. The summed E-state index contributed by atoms with van der Waals surface area (Å²) in [6.45, 7) is 11.1. The predicted octanol–water partition coefficient (Wildman–Crippen LogP) is 2.76. The van der Waals surface area contributed by atoms with Gasteiger partial charge in [-0.25, -0.2) is 9.78 Å². The van der Waals surface area contributed by atoms with Crippen LogP contribution in [-0.4, -0.2) is 34.7 Å². The summed E-state index contributed by atoms with van der Waals surface area (Å²) >= 11 is 0. The first kappa shape index (κ1) is 18.7. The summed E-state index contributed by atoms with van der Waals surface area (Å²) < 4.78 is 5.18. The van der Waals surface area contributed by atoms with E-state index in [2.05, 4.69) is 20.9 Å². The standard InChI is InChI=1S/C16H26N4O3/c1-7-17-11-9-8-10-18-12(11)19-13(21)16(5,6)20-14(22)23-15(2,3)4/h8-10,17H,7H2,1-6H3,(H,20,22)(H,18,19,21). The van der Waals surface area contributed by atoms with Gasteiger partial charge in [0.1, 0.15) is 11.1 Å². The van der Waals surface area contributed by atoms with Crippen LogP contribution < -0.4 is 16.0 Å². The van der Waals surface area contributed by atoms with E-state index in [1.165, 1.54) is 0 Å². The fourth-order valence-electron chi connectivity index (χ4n) is 1.72. The lowest BCUT2D eigenvalue weighted by Gasteiger charge is -2.27. The van der Waals surface area contributed by atoms with Crippen LogP contribution in [0.3, 0.4) is 0 Å². The Bertz CT molecular complexity index is 565. The number of alkyl carbamates (subject to hydrolysis) is 1. The zero-order valence-electron chi connectivity index (χ0n) is 14.6. The number of nitrogens with one attached hydrogen (secondary N) is 3. The van der Waals surface area contributed by atoms with Crippen molar-refractivity contribution in [2.45, 2.75) is 52.7 Å². The Kier molecular flexibility index (Phi) is 5.95. The lowest BCUT2D eigenvalue weighted by molar-refractivity contribution is -0.121. The minimum atomic E-state index is -1.15. The normalized spacial score (nSPS) is 11.6. The van der Waals surface area contributed by atoms with Crippen LogP contribution >= 0.6 is 0 Å². The van der Waals surface area contributed by atoms with Gasteiger partial charge in [0.15, 0.2) is 5.82 Å². The van der Waals surface area contributed by atoms with Crippen molar-refractivity contribution in [3.63, 3.8) is 0 Å². The fraction of sp³-hybridized carbons (Fsp3) is 0.562. The smallest absolute Gasteiger partial charge is 0.408 e. The summed E-state index contributed by atoms with van der Waals surface area (Å²) in [5, 5.41) is 8.40. The first-order chi connectivity index (χ1) is 10.5. The number of hydrogen-bond donors (Lipinski definition) is 3. The van der Waals surface area contributed by atoms with Crippen molar-refractivity contribution >= 4 is 23.5 Å². The Labute approximate surface area is 137 Å². The van der Waals surface area contributed by atoms with Gasteiger partial charge in [0.2, 0.25) is 0 Å². The van der Waals surface area contributed by atoms with Crippen molar-refractivity contribution in [3.8, 4) is 0 Å². The molecular formula is C16H26N4O3. The van der Waals surface area contributed by atoms with Gasteiger partial charge in [-0.1, -0.05) is 0 Å². The average Bonchev–Trinajstić information content (AvgIpc) is 2.38. The van der Waals surface area contributed by atoms with E-state index in [4.69, 9.17) is 4.74 Å². The van der Waals surface area contributed by atoms with Crippen molar-refractivity contribution in [1.29, 1.82) is 0 Å². The van der Waals surface area contributed by atoms with E-state index in [0.717, 1.165) is 5.69 Å². The van der Waals surface area contributed by atoms with Gasteiger partial charge in [-0.05, 0) is 53.7 Å². The zero-order chi connectivity index (χ0) is 17.7. The van der Waals surface area contributed by atoms with E-state index in [9.17, 15) is 9.59 Å². The van der Waals surface area contributed by atoms with Crippen LogP contribution in [0.4, 0.5) is 16.3 Å². The summed E-state index contributed by atoms with van der Waals surface area (Å²) in [6, 6.07) is 3.60. The molecule has 0 radical (unpaired) electrons. The van der Waals surface area contributed by atoms with Gasteiger partial charge in [-0.3, -0.25) is 4.79 Å². The molecule has 0 aliphatic rings. The molecule has 0 aliphatic heterocycles. The predicted molar refractivity (Wildman–Crippen MR) is 90.5 cm³/mol. The molecule has 0 aliphatic carbocycles. The highest BCUT2D eigenvalue weighted by atomic mass is 16.6. The first-order valence-electron chi connectivity index (χ1n) is 7.56. The molecule has 0 atom stereocenters. The van der Waals surface area contributed by atoms with E-state index in [-0.39, 0.29) is 5.91 Å². The second kappa shape index (κ2) is 7.30. The highest BCUT2D eigenvalue weighted by molar-refractivity contribution is 6.00. The molecule has 2 amide bonds. The molecule has 23 heavy (non-hydrogen) atoms. The Morgan fingerprint density at radius 1 is 1.22 bits per heavy atom. The second-order valence-electron chi connectivity index (χ2n) is 6.64. The van der Waals surface area contributed by atoms with Crippen LogP contribution in [0.15, 0.2) is 18.3 Å². The van der Waals surface area contributed by atoms with Crippen LogP contribution in [0, 0.1) is 0 Å². The number of aromatic nitrogens is 1. The SMILES string of the molecule is CCNc1cccnc1NC(=O)C(C)(C)NC(=O)OC(C)(C)C. The molecule has 1 rings (SSSR count). The molecule has 7 nitrogen and oxygen atoms in total. The van der Waals surface area contributed by atoms with Crippen LogP contribution in [-0.2, 0) is 9.53 Å². The molecule has 0 bridgehead atoms.